The predicted molar refractivity (Wildman–Crippen MR) is 76.9 cm³/mol. The molecule has 1 heterocycles. The Morgan fingerprint density at radius 3 is 3.00 bits per heavy atom. The van der Waals surface area contributed by atoms with Gasteiger partial charge in [-0.1, -0.05) is 19.8 Å². The highest BCUT2D eigenvalue weighted by Crippen LogP contribution is 2.23. The Balaban J connectivity index is 1.74. The first-order valence-corrected chi connectivity index (χ1v) is 7.63. The van der Waals surface area contributed by atoms with Gasteiger partial charge < -0.3 is 10.4 Å². The Hall–Kier alpha value is -0.870. The van der Waals surface area contributed by atoms with Crippen LogP contribution in [-0.4, -0.2) is 27.5 Å². The number of aliphatic hydroxyl groups is 1. The maximum atomic E-state index is 9.92. The predicted octanol–water partition coefficient (Wildman–Crippen LogP) is 2.49. The quantitative estimate of drug-likeness (QED) is 0.831. The van der Waals surface area contributed by atoms with Crippen molar-refractivity contribution in [1.29, 1.82) is 0 Å². The van der Waals surface area contributed by atoms with Crippen LogP contribution in [0.3, 0.4) is 0 Å². The average Bonchev–Trinajstić information content (AvgIpc) is 2.89. The zero-order chi connectivity index (χ0) is 13.7. The van der Waals surface area contributed by atoms with Gasteiger partial charge in [0.15, 0.2) is 0 Å². The van der Waals surface area contributed by atoms with E-state index >= 15 is 0 Å². The van der Waals surface area contributed by atoms with Crippen LogP contribution < -0.4 is 5.32 Å². The van der Waals surface area contributed by atoms with E-state index < -0.39 is 0 Å². The lowest BCUT2D eigenvalue weighted by Crippen LogP contribution is -2.33. The average molecular weight is 265 g/mol. The maximum absolute atomic E-state index is 9.92. The zero-order valence-corrected chi connectivity index (χ0v) is 12.2. The first kappa shape index (κ1) is 14.5. The highest BCUT2D eigenvalue weighted by Gasteiger charge is 2.22. The van der Waals surface area contributed by atoms with Gasteiger partial charge >= 0.3 is 0 Å². The van der Waals surface area contributed by atoms with E-state index in [4.69, 9.17) is 0 Å². The fourth-order valence-corrected chi connectivity index (χ4v) is 2.72. The molecule has 1 aliphatic carbocycles. The van der Waals surface area contributed by atoms with Gasteiger partial charge in [-0.2, -0.15) is 5.10 Å². The molecule has 1 saturated carbocycles. The van der Waals surface area contributed by atoms with Crippen molar-refractivity contribution in [3.05, 3.63) is 18.0 Å². The minimum atomic E-state index is -0.112. The van der Waals surface area contributed by atoms with E-state index in [9.17, 15) is 5.11 Å². The summed E-state index contributed by atoms with van der Waals surface area (Å²) >= 11 is 0. The van der Waals surface area contributed by atoms with Crippen LogP contribution in [0.1, 0.15) is 57.7 Å². The molecule has 0 amide bonds. The van der Waals surface area contributed by atoms with Crippen molar-refractivity contribution < 1.29 is 5.11 Å². The van der Waals surface area contributed by atoms with Crippen LogP contribution in [0.25, 0.3) is 0 Å². The summed E-state index contributed by atoms with van der Waals surface area (Å²) in [4.78, 5) is 0. The smallest absolute Gasteiger partial charge is 0.0762 e. The lowest BCUT2D eigenvalue weighted by molar-refractivity contribution is 0.0694. The molecule has 1 fully saturated rings. The topological polar surface area (TPSA) is 50.1 Å². The van der Waals surface area contributed by atoms with E-state index in [0.29, 0.717) is 12.0 Å². The van der Waals surface area contributed by atoms with Crippen LogP contribution in [-0.2, 0) is 6.54 Å². The second-order valence-corrected chi connectivity index (χ2v) is 5.79. The minimum absolute atomic E-state index is 0.112. The number of nitrogens with zero attached hydrogens (tertiary/aromatic N) is 2. The van der Waals surface area contributed by atoms with Crippen LogP contribution in [0.5, 0.6) is 0 Å². The van der Waals surface area contributed by atoms with Gasteiger partial charge in [0.05, 0.1) is 11.8 Å². The van der Waals surface area contributed by atoms with Gasteiger partial charge in [-0.15, -0.1) is 0 Å². The summed E-state index contributed by atoms with van der Waals surface area (Å²) in [6.45, 7) is 6.06. The third-order valence-corrected chi connectivity index (χ3v) is 4.29. The monoisotopic (exact) mass is 265 g/mol. The van der Waals surface area contributed by atoms with E-state index in [2.05, 4.69) is 36.5 Å². The van der Waals surface area contributed by atoms with E-state index in [1.54, 1.807) is 0 Å². The molecule has 19 heavy (non-hydrogen) atoms. The van der Waals surface area contributed by atoms with Crippen LogP contribution in [0.4, 0.5) is 0 Å². The fourth-order valence-electron chi connectivity index (χ4n) is 2.72. The molecular formula is C15H27N3O. The van der Waals surface area contributed by atoms with Crippen molar-refractivity contribution in [2.24, 2.45) is 5.92 Å². The van der Waals surface area contributed by atoms with Crippen molar-refractivity contribution >= 4 is 0 Å². The van der Waals surface area contributed by atoms with Gasteiger partial charge in [-0.25, -0.2) is 0 Å². The van der Waals surface area contributed by atoms with E-state index in [0.717, 1.165) is 38.0 Å². The number of hydrogen-bond acceptors (Lipinski definition) is 3. The van der Waals surface area contributed by atoms with Gasteiger partial charge in [0.25, 0.3) is 0 Å². The Bertz CT molecular complexity index is 377. The number of hydrogen-bond donors (Lipinski definition) is 2. The summed E-state index contributed by atoms with van der Waals surface area (Å²) in [5, 5.41) is 17.9. The Kier molecular flexibility index (Phi) is 5.40. The van der Waals surface area contributed by atoms with Crippen LogP contribution in [0, 0.1) is 5.92 Å². The molecule has 2 rings (SSSR count). The Morgan fingerprint density at radius 2 is 2.26 bits per heavy atom. The molecule has 2 N–H and O–H groups in total. The molecule has 4 heteroatoms. The standard InChI is InChI=1S/C15H27N3O/c1-3-12(2)18-9-8-14(17-18)11-16-10-13-6-4-5-7-15(13)19/h8-9,12-13,15-16,19H,3-7,10-11H2,1-2H3. The minimum Gasteiger partial charge on any atom is -0.393 e. The number of nitrogens with one attached hydrogen (secondary N) is 1. The molecule has 108 valence electrons. The molecule has 0 bridgehead atoms. The van der Waals surface area contributed by atoms with E-state index in [-0.39, 0.29) is 6.10 Å². The maximum Gasteiger partial charge on any atom is 0.0762 e. The molecule has 1 aliphatic rings. The van der Waals surface area contributed by atoms with Gasteiger partial charge in [0.2, 0.25) is 0 Å². The Morgan fingerprint density at radius 1 is 1.47 bits per heavy atom. The largest absolute Gasteiger partial charge is 0.393 e. The number of aliphatic hydroxyl groups excluding tert-OH is 1. The Labute approximate surface area is 116 Å². The van der Waals surface area contributed by atoms with Gasteiger partial charge in [0, 0.05) is 25.3 Å². The summed E-state index contributed by atoms with van der Waals surface area (Å²) in [5.74, 6) is 0.422. The summed E-state index contributed by atoms with van der Waals surface area (Å²) in [7, 11) is 0. The highest BCUT2D eigenvalue weighted by atomic mass is 16.3. The van der Waals surface area contributed by atoms with E-state index in [1.165, 1.54) is 12.8 Å². The second kappa shape index (κ2) is 7.06. The molecule has 1 aromatic heterocycles. The molecule has 0 spiro atoms. The molecule has 0 aromatic carbocycles. The second-order valence-electron chi connectivity index (χ2n) is 5.79. The fraction of sp³-hybridized carbons (Fsp3) is 0.800. The SMILES string of the molecule is CCC(C)n1ccc(CNCC2CCCCC2O)n1. The van der Waals surface area contributed by atoms with Gasteiger partial charge in [-0.05, 0) is 38.2 Å². The van der Waals surface area contributed by atoms with Crippen LogP contribution in [0.2, 0.25) is 0 Å². The summed E-state index contributed by atoms with van der Waals surface area (Å²) in [6.07, 6.45) is 7.59. The first-order chi connectivity index (χ1) is 9.20. The normalized spacial score (nSPS) is 25.4. The lowest BCUT2D eigenvalue weighted by atomic mass is 9.86. The van der Waals surface area contributed by atoms with Crippen molar-refractivity contribution in [1.82, 2.24) is 15.1 Å². The molecule has 0 saturated heterocycles. The lowest BCUT2D eigenvalue weighted by Gasteiger charge is -2.27. The van der Waals surface area contributed by atoms with Gasteiger partial charge in [0.1, 0.15) is 0 Å². The van der Waals surface area contributed by atoms with Crippen molar-refractivity contribution in [3.8, 4) is 0 Å². The van der Waals surface area contributed by atoms with E-state index in [1.807, 2.05) is 4.68 Å². The molecule has 4 nitrogen and oxygen atoms in total. The van der Waals surface area contributed by atoms with Gasteiger partial charge in [-0.3, -0.25) is 4.68 Å². The highest BCUT2D eigenvalue weighted by molar-refractivity contribution is 4.99. The van der Waals surface area contributed by atoms with Crippen LogP contribution in [0.15, 0.2) is 12.3 Å². The third kappa shape index (κ3) is 4.05. The third-order valence-electron chi connectivity index (χ3n) is 4.29. The zero-order valence-electron chi connectivity index (χ0n) is 12.2. The van der Waals surface area contributed by atoms with Crippen LogP contribution >= 0.6 is 0 Å². The van der Waals surface area contributed by atoms with Crippen molar-refractivity contribution in [3.63, 3.8) is 0 Å². The molecule has 0 radical (unpaired) electrons. The molecular weight excluding hydrogens is 238 g/mol. The number of aromatic nitrogens is 2. The first-order valence-electron chi connectivity index (χ1n) is 7.63. The van der Waals surface area contributed by atoms with Crippen molar-refractivity contribution in [2.75, 3.05) is 6.54 Å². The number of rotatable bonds is 6. The van der Waals surface area contributed by atoms with Crippen molar-refractivity contribution in [2.45, 2.75) is 64.6 Å². The summed E-state index contributed by atoms with van der Waals surface area (Å²) in [5.41, 5.74) is 1.09. The summed E-state index contributed by atoms with van der Waals surface area (Å²) in [6, 6.07) is 2.55. The summed E-state index contributed by atoms with van der Waals surface area (Å²) < 4.78 is 2.03. The molecule has 1 aromatic rings. The molecule has 0 aliphatic heterocycles. The molecule has 3 atom stereocenters. The molecule has 3 unspecified atom stereocenters.